The van der Waals surface area contributed by atoms with E-state index in [0.717, 1.165) is 28.6 Å². The summed E-state index contributed by atoms with van der Waals surface area (Å²) in [6.45, 7) is 8.70. The van der Waals surface area contributed by atoms with Crippen molar-refractivity contribution in [2.24, 2.45) is 11.8 Å². The van der Waals surface area contributed by atoms with E-state index in [1.54, 1.807) is 0 Å². The number of alkyl halides is 1. The molecule has 0 amide bonds. The second-order valence-electron chi connectivity index (χ2n) is 6.42. The number of fused-ring (bicyclic) bond motifs is 1. The first-order chi connectivity index (χ1) is 10.0. The van der Waals surface area contributed by atoms with Gasteiger partial charge in [0.2, 0.25) is 0 Å². The minimum absolute atomic E-state index is 0.0904. The first kappa shape index (κ1) is 14.8. The van der Waals surface area contributed by atoms with E-state index in [9.17, 15) is 0 Å². The van der Waals surface area contributed by atoms with Gasteiger partial charge >= 0.3 is 0 Å². The number of rotatable bonds is 3. The van der Waals surface area contributed by atoms with Crippen molar-refractivity contribution in [1.29, 1.82) is 0 Å². The molecular formula is C17H24ClN3. The Morgan fingerprint density at radius 3 is 2.71 bits per heavy atom. The van der Waals surface area contributed by atoms with Gasteiger partial charge in [0.1, 0.15) is 11.3 Å². The van der Waals surface area contributed by atoms with Crippen LogP contribution in [0.15, 0.2) is 12.1 Å². The largest absolute Gasteiger partial charge is 0.308 e. The standard InChI is InChI=1S/C17H24ClN3/c1-5-13-7-9-15(11(13)3)21-16(12(4)18)20-14-8-6-10(2)19-17(14)21/h6,8,11-13,15H,5,7,9H2,1-4H3. The lowest BCUT2D eigenvalue weighted by atomic mass is 9.93. The Balaban J connectivity index is 2.15. The Labute approximate surface area is 131 Å². The number of aromatic nitrogens is 3. The Kier molecular flexibility index (Phi) is 3.96. The second-order valence-corrected chi connectivity index (χ2v) is 7.08. The van der Waals surface area contributed by atoms with Crippen molar-refractivity contribution >= 4 is 22.8 Å². The van der Waals surface area contributed by atoms with Crippen LogP contribution in [0, 0.1) is 18.8 Å². The molecule has 4 heteroatoms. The van der Waals surface area contributed by atoms with Crippen molar-refractivity contribution in [3.05, 3.63) is 23.7 Å². The summed E-state index contributed by atoms with van der Waals surface area (Å²) in [5, 5.41) is -0.0904. The maximum Gasteiger partial charge on any atom is 0.160 e. The summed E-state index contributed by atoms with van der Waals surface area (Å²) in [7, 11) is 0. The molecule has 3 rings (SSSR count). The third-order valence-corrected chi connectivity index (χ3v) is 5.29. The Morgan fingerprint density at radius 1 is 1.33 bits per heavy atom. The Hall–Kier alpha value is -1.09. The third-order valence-electron chi connectivity index (χ3n) is 5.10. The molecule has 2 heterocycles. The normalized spacial score (nSPS) is 27.4. The van der Waals surface area contributed by atoms with Crippen LogP contribution in [0.3, 0.4) is 0 Å². The molecule has 4 unspecified atom stereocenters. The van der Waals surface area contributed by atoms with Gasteiger partial charge in [0, 0.05) is 11.7 Å². The van der Waals surface area contributed by atoms with Gasteiger partial charge in [-0.1, -0.05) is 20.3 Å². The van der Waals surface area contributed by atoms with E-state index in [2.05, 4.69) is 24.5 Å². The van der Waals surface area contributed by atoms with Gasteiger partial charge in [-0.2, -0.15) is 0 Å². The molecule has 0 aromatic carbocycles. The van der Waals surface area contributed by atoms with E-state index >= 15 is 0 Å². The van der Waals surface area contributed by atoms with Gasteiger partial charge < -0.3 is 4.57 Å². The number of pyridine rings is 1. The topological polar surface area (TPSA) is 30.7 Å². The zero-order chi connectivity index (χ0) is 15.1. The van der Waals surface area contributed by atoms with Crippen molar-refractivity contribution in [1.82, 2.24) is 14.5 Å². The fourth-order valence-electron chi connectivity index (χ4n) is 3.86. The molecule has 4 atom stereocenters. The maximum atomic E-state index is 6.40. The minimum atomic E-state index is -0.0904. The van der Waals surface area contributed by atoms with E-state index in [4.69, 9.17) is 21.6 Å². The summed E-state index contributed by atoms with van der Waals surface area (Å²) in [6.07, 6.45) is 3.75. The monoisotopic (exact) mass is 305 g/mol. The molecule has 3 nitrogen and oxygen atoms in total. The van der Waals surface area contributed by atoms with Gasteiger partial charge in [0.25, 0.3) is 0 Å². The lowest BCUT2D eigenvalue weighted by Crippen LogP contribution is -2.18. The number of aryl methyl sites for hydroxylation is 1. The van der Waals surface area contributed by atoms with Crippen LogP contribution in [0.2, 0.25) is 0 Å². The van der Waals surface area contributed by atoms with Gasteiger partial charge in [0.15, 0.2) is 5.65 Å². The molecule has 0 N–H and O–H groups in total. The summed E-state index contributed by atoms with van der Waals surface area (Å²) in [6, 6.07) is 4.56. The van der Waals surface area contributed by atoms with Crippen LogP contribution in [0.25, 0.3) is 11.2 Å². The molecule has 1 fully saturated rings. The van der Waals surface area contributed by atoms with Crippen molar-refractivity contribution in [2.75, 3.05) is 0 Å². The van der Waals surface area contributed by atoms with E-state index in [1.165, 1.54) is 19.3 Å². The molecule has 0 saturated heterocycles. The van der Waals surface area contributed by atoms with Crippen LogP contribution in [-0.4, -0.2) is 14.5 Å². The molecule has 0 bridgehead atoms. The van der Waals surface area contributed by atoms with Gasteiger partial charge in [-0.05, 0) is 50.7 Å². The molecule has 21 heavy (non-hydrogen) atoms. The van der Waals surface area contributed by atoms with Crippen LogP contribution in [-0.2, 0) is 0 Å². The second kappa shape index (κ2) is 5.60. The third kappa shape index (κ3) is 2.46. The van der Waals surface area contributed by atoms with Crippen LogP contribution in [0.4, 0.5) is 0 Å². The summed E-state index contributed by atoms with van der Waals surface area (Å²) in [5.41, 5.74) is 3.01. The quantitative estimate of drug-likeness (QED) is 0.744. The SMILES string of the molecule is CCC1CCC(n2c(C(C)Cl)nc3ccc(C)nc32)C1C. The summed E-state index contributed by atoms with van der Waals surface area (Å²) in [5.74, 6) is 2.43. The van der Waals surface area contributed by atoms with Crippen molar-refractivity contribution in [2.45, 2.75) is 58.4 Å². The van der Waals surface area contributed by atoms with Crippen LogP contribution in [0.5, 0.6) is 0 Å². The van der Waals surface area contributed by atoms with E-state index in [-0.39, 0.29) is 5.38 Å². The lowest BCUT2D eigenvalue weighted by molar-refractivity contribution is 0.328. The number of imidazole rings is 1. The average molecular weight is 306 g/mol. The van der Waals surface area contributed by atoms with E-state index in [1.807, 2.05) is 19.9 Å². The smallest absolute Gasteiger partial charge is 0.160 e. The zero-order valence-corrected chi connectivity index (χ0v) is 14.1. The molecule has 1 saturated carbocycles. The average Bonchev–Trinajstić information content (AvgIpc) is 2.98. The highest BCUT2D eigenvalue weighted by Gasteiger charge is 2.35. The predicted molar refractivity (Wildman–Crippen MR) is 87.7 cm³/mol. The van der Waals surface area contributed by atoms with Crippen LogP contribution in [0.1, 0.15) is 63.0 Å². The highest BCUT2D eigenvalue weighted by molar-refractivity contribution is 6.20. The Bertz CT molecular complexity index is 647. The zero-order valence-electron chi connectivity index (χ0n) is 13.3. The molecule has 1 aliphatic rings. The van der Waals surface area contributed by atoms with E-state index in [0.29, 0.717) is 12.0 Å². The number of nitrogens with zero attached hydrogens (tertiary/aromatic N) is 3. The number of hydrogen-bond donors (Lipinski definition) is 0. The van der Waals surface area contributed by atoms with Gasteiger partial charge in [-0.25, -0.2) is 9.97 Å². The summed E-state index contributed by atoms with van der Waals surface area (Å²) >= 11 is 6.40. The predicted octanol–water partition coefficient (Wildman–Crippen LogP) is 5.04. The maximum absolute atomic E-state index is 6.40. The van der Waals surface area contributed by atoms with Gasteiger partial charge in [-0.3, -0.25) is 0 Å². The summed E-state index contributed by atoms with van der Waals surface area (Å²) in [4.78, 5) is 9.50. The number of halogens is 1. The fourth-order valence-corrected chi connectivity index (χ4v) is 4.01. The molecule has 0 spiro atoms. The van der Waals surface area contributed by atoms with Crippen molar-refractivity contribution in [3.63, 3.8) is 0 Å². The number of hydrogen-bond acceptors (Lipinski definition) is 2. The molecule has 2 aromatic rings. The lowest BCUT2D eigenvalue weighted by Gasteiger charge is -2.24. The van der Waals surface area contributed by atoms with Crippen molar-refractivity contribution in [3.8, 4) is 0 Å². The molecule has 0 radical (unpaired) electrons. The molecular weight excluding hydrogens is 282 g/mol. The highest BCUT2D eigenvalue weighted by Crippen LogP contribution is 2.44. The first-order valence-corrected chi connectivity index (χ1v) is 8.46. The van der Waals surface area contributed by atoms with Gasteiger partial charge in [0.05, 0.1) is 5.38 Å². The first-order valence-electron chi connectivity index (χ1n) is 8.02. The molecule has 114 valence electrons. The fraction of sp³-hybridized carbons (Fsp3) is 0.647. The minimum Gasteiger partial charge on any atom is -0.308 e. The molecule has 2 aromatic heterocycles. The van der Waals surface area contributed by atoms with Crippen LogP contribution < -0.4 is 0 Å². The van der Waals surface area contributed by atoms with Gasteiger partial charge in [-0.15, -0.1) is 11.6 Å². The molecule has 1 aliphatic carbocycles. The van der Waals surface area contributed by atoms with E-state index < -0.39 is 0 Å². The van der Waals surface area contributed by atoms with Crippen LogP contribution >= 0.6 is 11.6 Å². The molecule has 0 aliphatic heterocycles. The summed E-state index contributed by atoms with van der Waals surface area (Å²) < 4.78 is 2.33. The Morgan fingerprint density at radius 2 is 2.10 bits per heavy atom. The highest BCUT2D eigenvalue weighted by atomic mass is 35.5. The van der Waals surface area contributed by atoms with Crippen molar-refractivity contribution < 1.29 is 0 Å².